The van der Waals surface area contributed by atoms with Crippen LogP contribution in [0.5, 0.6) is 0 Å². The number of aliphatic hydroxyl groups is 1. The predicted molar refractivity (Wildman–Crippen MR) is 59.4 cm³/mol. The van der Waals surface area contributed by atoms with Gasteiger partial charge in [0.2, 0.25) is 0 Å². The van der Waals surface area contributed by atoms with E-state index in [2.05, 4.69) is 11.9 Å². The van der Waals surface area contributed by atoms with Crippen molar-refractivity contribution < 1.29 is 9.50 Å². The molecule has 4 heteroatoms. The van der Waals surface area contributed by atoms with Crippen LogP contribution in [0.15, 0.2) is 30.9 Å². The molecule has 82 valence electrons. The third kappa shape index (κ3) is 3.30. The summed E-state index contributed by atoms with van der Waals surface area (Å²) in [6.07, 6.45) is 0.717. The second-order valence-corrected chi connectivity index (χ2v) is 3.51. The molecule has 0 saturated heterocycles. The number of rotatable bonds is 5. The van der Waals surface area contributed by atoms with E-state index in [0.717, 1.165) is 0 Å². The van der Waals surface area contributed by atoms with E-state index in [4.69, 9.17) is 11.6 Å². The smallest absolute Gasteiger partial charge is 0.130 e. The Morgan fingerprint density at radius 3 is 2.93 bits per heavy atom. The summed E-state index contributed by atoms with van der Waals surface area (Å²) < 4.78 is 13.3. The Bertz CT molecular complexity index is 323. The lowest BCUT2D eigenvalue weighted by molar-refractivity contribution is 0.172. The molecule has 0 bridgehead atoms. The molecule has 0 radical (unpaired) electrons. The van der Waals surface area contributed by atoms with Crippen LogP contribution in [0.1, 0.15) is 11.7 Å². The molecule has 1 rings (SSSR count). The SMILES string of the molecule is C=CCNCC(O)c1c(F)cccc1Cl. The molecule has 1 aromatic carbocycles. The molecular weight excluding hydrogens is 217 g/mol. The fraction of sp³-hybridized carbons (Fsp3) is 0.273. The molecule has 1 atom stereocenters. The highest BCUT2D eigenvalue weighted by Gasteiger charge is 2.15. The first-order valence-electron chi connectivity index (χ1n) is 4.60. The van der Waals surface area contributed by atoms with Gasteiger partial charge < -0.3 is 10.4 Å². The molecule has 0 spiro atoms. The summed E-state index contributed by atoms with van der Waals surface area (Å²) in [5, 5.41) is 12.8. The number of benzene rings is 1. The first kappa shape index (κ1) is 12.2. The molecule has 0 heterocycles. The van der Waals surface area contributed by atoms with Crippen LogP contribution in [0, 0.1) is 5.82 Å². The zero-order valence-corrected chi connectivity index (χ0v) is 8.97. The molecule has 0 aromatic heterocycles. The van der Waals surface area contributed by atoms with E-state index >= 15 is 0 Å². The van der Waals surface area contributed by atoms with Gasteiger partial charge in [0.15, 0.2) is 0 Å². The largest absolute Gasteiger partial charge is 0.387 e. The van der Waals surface area contributed by atoms with E-state index in [1.54, 1.807) is 12.1 Å². The molecule has 0 fully saturated rings. The van der Waals surface area contributed by atoms with Gasteiger partial charge >= 0.3 is 0 Å². The summed E-state index contributed by atoms with van der Waals surface area (Å²) in [5.41, 5.74) is 0.135. The maximum absolute atomic E-state index is 13.3. The summed E-state index contributed by atoms with van der Waals surface area (Å²) in [7, 11) is 0. The molecule has 0 aliphatic rings. The van der Waals surface area contributed by atoms with Crippen molar-refractivity contribution in [2.45, 2.75) is 6.10 Å². The molecular formula is C11H13ClFNO. The van der Waals surface area contributed by atoms with E-state index in [-0.39, 0.29) is 17.1 Å². The maximum atomic E-state index is 13.3. The number of nitrogens with one attached hydrogen (secondary N) is 1. The minimum atomic E-state index is -0.946. The molecule has 2 nitrogen and oxygen atoms in total. The van der Waals surface area contributed by atoms with Gasteiger partial charge in [-0.1, -0.05) is 23.7 Å². The van der Waals surface area contributed by atoms with E-state index in [1.165, 1.54) is 12.1 Å². The molecule has 1 aromatic rings. The minimum Gasteiger partial charge on any atom is -0.387 e. The molecule has 0 amide bonds. The second kappa shape index (κ2) is 5.85. The van der Waals surface area contributed by atoms with Crippen molar-refractivity contribution in [1.29, 1.82) is 0 Å². The van der Waals surface area contributed by atoms with Crippen LogP contribution in [0.3, 0.4) is 0 Å². The fourth-order valence-corrected chi connectivity index (χ4v) is 1.54. The Morgan fingerprint density at radius 1 is 1.60 bits per heavy atom. The summed E-state index contributed by atoms with van der Waals surface area (Å²) in [6.45, 7) is 4.32. The van der Waals surface area contributed by atoms with Gasteiger partial charge in [-0.2, -0.15) is 0 Å². The highest BCUT2D eigenvalue weighted by Crippen LogP contribution is 2.25. The van der Waals surface area contributed by atoms with Crippen LogP contribution in [0.2, 0.25) is 5.02 Å². The summed E-state index contributed by atoms with van der Waals surface area (Å²) in [4.78, 5) is 0. The van der Waals surface area contributed by atoms with Crippen molar-refractivity contribution >= 4 is 11.6 Å². The van der Waals surface area contributed by atoms with Gasteiger partial charge in [-0.05, 0) is 12.1 Å². The monoisotopic (exact) mass is 229 g/mol. The summed E-state index contributed by atoms with van der Waals surface area (Å²) in [5.74, 6) is -0.490. The number of halogens is 2. The Hall–Kier alpha value is -0.900. The Labute approximate surface area is 93.4 Å². The molecule has 0 aliphatic carbocycles. The normalized spacial score (nSPS) is 12.5. The van der Waals surface area contributed by atoms with Crippen molar-refractivity contribution in [3.05, 3.63) is 47.3 Å². The van der Waals surface area contributed by atoms with E-state index < -0.39 is 11.9 Å². The number of aliphatic hydroxyl groups excluding tert-OH is 1. The first-order chi connectivity index (χ1) is 7.16. The van der Waals surface area contributed by atoms with Gasteiger partial charge in [-0.3, -0.25) is 0 Å². The molecule has 1 unspecified atom stereocenters. The molecule has 0 saturated carbocycles. The zero-order valence-electron chi connectivity index (χ0n) is 8.21. The van der Waals surface area contributed by atoms with Crippen LogP contribution in [-0.4, -0.2) is 18.2 Å². The van der Waals surface area contributed by atoms with Gasteiger partial charge in [0.25, 0.3) is 0 Å². The summed E-state index contributed by atoms with van der Waals surface area (Å²) >= 11 is 5.79. The van der Waals surface area contributed by atoms with Crippen molar-refractivity contribution in [3.63, 3.8) is 0 Å². The van der Waals surface area contributed by atoms with Gasteiger partial charge in [-0.25, -0.2) is 4.39 Å². The standard InChI is InChI=1S/C11H13ClFNO/c1-2-6-14-7-10(15)11-8(12)4-3-5-9(11)13/h2-5,10,14-15H,1,6-7H2. The van der Waals surface area contributed by atoms with E-state index in [9.17, 15) is 9.50 Å². The molecule has 2 N–H and O–H groups in total. The fourth-order valence-electron chi connectivity index (χ4n) is 1.25. The van der Waals surface area contributed by atoms with Crippen LogP contribution in [-0.2, 0) is 0 Å². The highest BCUT2D eigenvalue weighted by atomic mass is 35.5. The molecule has 0 aliphatic heterocycles. The van der Waals surface area contributed by atoms with Gasteiger partial charge in [0.1, 0.15) is 5.82 Å². The Balaban J connectivity index is 2.72. The van der Waals surface area contributed by atoms with Crippen molar-refractivity contribution in [2.75, 3.05) is 13.1 Å². The first-order valence-corrected chi connectivity index (χ1v) is 4.98. The van der Waals surface area contributed by atoms with Crippen LogP contribution < -0.4 is 5.32 Å². The zero-order chi connectivity index (χ0) is 11.3. The van der Waals surface area contributed by atoms with Crippen LogP contribution in [0.25, 0.3) is 0 Å². The quantitative estimate of drug-likeness (QED) is 0.600. The summed E-state index contributed by atoms with van der Waals surface area (Å²) in [6, 6.07) is 4.33. The van der Waals surface area contributed by atoms with Gasteiger partial charge in [0.05, 0.1) is 6.10 Å². The number of hydrogen-bond donors (Lipinski definition) is 2. The average Bonchev–Trinajstić information content (AvgIpc) is 2.18. The predicted octanol–water partition coefficient (Wildman–Crippen LogP) is 2.29. The van der Waals surface area contributed by atoms with Gasteiger partial charge in [-0.15, -0.1) is 6.58 Å². The lowest BCUT2D eigenvalue weighted by Gasteiger charge is -2.13. The van der Waals surface area contributed by atoms with Gasteiger partial charge in [0, 0.05) is 23.7 Å². The Kier molecular flexibility index (Phi) is 4.75. The third-order valence-electron chi connectivity index (χ3n) is 1.96. The lowest BCUT2D eigenvalue weighted by atomic mass is 10.1. The average molecular weight is 230 g/mol. The Morgan fingerprint density at radius 2 is 2.33 bits per heavy atom. The second-order valence-electron chi connectivity index (χ2n) is 3.10. The van der Waals surface area contributed by atoms with Crippen molar-refractivity contribution in [3.8, 4) is 0 Å². The van der Waals surface area contributed by atoms with Crippen LogP contribution in [0.4, 0.5) is 4.39 Å². The van der Waals surface area contributed by atoms with Crippen LogP contribution >= 0.6 is 11.6 Å². The molecule has 15 heavy (non-hydrogen) atoms. The maximum Gasteiger partial charge on any atom is 0.130 e. The van der Waals surface area contributed by atoms with E-state index in [1.807, 2.05) is 0 Å². The van der Waals surface area contributed by atoms with E-state index in [0.29, 0.717) is 6.54 Å². The lowest BCUT2D eigenvalue weighted by Crippen LogP contribution is -2.22. The topological polar surface area (TPSA) is 32.3 Å². The van der Waals surface area contributed by atoms with Crippen molar-refractivity contribution in [1.82, 2.24) is 5.32 Å². The third-order valence-corrected chi connectivity index (χ3v) is 2.29. The minimum absolute atomic E-state index is 0.135. The highest BCUT2D eigenvalue weighted by molar-refractivity contribution is 6.31. The number of hydrogen-bond acceptors (Lipinski definition) is 2. The van der Waals surface area contributed by atoms with Crippen molar-refractivity contribution in [2.24, 2.45) is 0 Å².